The Hall–Kier alpha value is -0.640. The highest BCUT2D eigenvalue weighted by molar-refractivity contribution is 6.32. The molecular formula is C10H16Cl2N2O. The molecule has 0 unspecified atom stereocenters. The zero-order chi connectivity index (χ0) is 10.6. The van der Waals surface area contributed by atoms with Crippen LogP contribution in [0.25, 0.3) is 0 Å². The fourth-order valence-corrected chi connectivity index (χ4v) is 1.24. The smallest absolute Gasteiger partial charge is 0.138 e. The zero-order valence-corrected chi connectivity index (χ0v) is 10.4. The average molecular weight is 251 g/mol. The molecule has 1 rings (SSSR count). The lowest BCUT2D eigenvalue weighted by atomic mass is 10.3. The summed E-state index contributed by atoms with van der Waals surface area (Å²) in [6.45, 7) is 1.60. The van der Waals surface area contributed by atoms with Gasteiger partial charge in [-0.3, -0.25) is 0 Å². The summed E-state index contributed by atoms with van der Waals surface area (Å²) in [7, 11) is 4.15. The van der Waals surface area contributed by atoms with Crippen molar-refractivity contribution in [3.05, 3.63) is 23.2 Å². The van der Waals surface area contributed by atoms with Crippen LogP contribution >= 0.6 is 11.6 Å². The highest BCUT2D eigenvalue weighted by atomic mass is 35.5. The molecule has 0 aromatic heterocycles. The van der Waals surface area contributed by atoms with E-state index in [0.29, 0.717) is 23.1 Å². The summed E-state index contributed by atoms with van der Waals surface area (Å²) in [4.78, 5) is 1.34. The number of hydrogen-bond donors (Lipinski definition) is 2. The molecule has 86 valence electrons. The predicted octanol–water partition coefficient (Wildman–Crippen LogP) is -2.55. The molecule has 0 atom stereocenters. The minimum absolute atomic E-state index is 0. The van der Waals surface area contributed by atoms with Crippen molar-refractivity contribution in [2.45, 2.75) is 0 Å². The van der Waals surface area contributed by atoms with Gasteiger partial charge in [-0.2, -0.15) is 0 Å². The van der Waals surface area contributed by atoms with Crippen molar-refractivity contribution in [2.24, 2.45) is 0 Å². The molecule has 3 nitrogen and oxygen atoms in total. The molecule has 0 saturated carbocycles. The van der Waals surface area contributed by atoms with Crippen LogP contribution in [0.5, 0.6) is 5.75 Å². The summed E-state index contributed by atoms with van der Waals surface area (Å²) in [5.41, 5.74) is 6.21. The minimum atomic E-state index is 0. The van der Waals surface area contributed by atoms with Crippen molar-refractivity contribution in [2.75, 3.05) is 33.0 Å². The molecule has 0 aliphatic rings. The van der Waals surface area contributed by atoms with Crippen LogP contribution in [-0.4, -0.2) is 27.2 Å². The van der Waals surface area contributed by atoms with Gasteiger partial charge >= 0.3 is 0 Å². The second-order valence-corrected chi connectivity index (χ2v) is 3.90. The van der Waals surface area contributed by atoms with Crippen LogP contribution < -0.4 is 27.8 Å². The molecule has 0 saturated heterocycles. The molecule has 5 heteroatoms. The van der Waals surface area contributed by atoms with Gasteiger partial charge in [-0.05, 0) is 18.2 Å². The van der Waals surface area contributed by atoms with Gasteiger partial charge in [0.15, 0.2) is 0 Å². The SMILES string of the molecule is C[NH+](C)CCOc1ccc(N)cc1Cl.[Cl-]. The van der Waals surface area contributed by atoms with Crippen LogP contribution in [0.1, 0.15) is 0 Å². The summed E-state index contributed by atoms with van der Waals surface area (Å²) in [6.07, 6.45) is 0. The third kappa shape index (κ3) is 5.11. The van der Waals surface area contributed by atoms with E-state index in [9.17, 15) is 0 Å². The molecule has 0 radical (unpaired) electrons. The number of likely N-dealkylation sites (N-methyl/N-ethyl adjacent to an activating group) is 1. The van der Waals surface area contributed by atoms with Crippen molar-refractivity contribution in [1.82, 2.24) is 0 Å². The van der Waals surface area contributed by atoms with Gasteiger partial charge in [0.1, 0.15) is 18.9 Å². The van der Waals surface area contributed by atoms with Gasteiger partial charge in [0.2, 0.25) is 0 Å². The molecule has 0 spiro atoms. The van der Waals surface area contributed by atoms with Crippen molar-refractivity contribution >= 4 is 17.3 Å². The van der Waals surface area contributed by atoms with E-state index in [4.69, 9.17) is 22.1 Å². The van der Waals surface area contributed by atoms with Crippen molar-refractivity contribution < 1.29 is 22.0 Å². The second-order valence-electron chi connectivity index (χ2n) is 3.50. The molecule has 0 aliphatic carbocycles. The number of anilines is 1. The number of benzene rings is 1. The number of rotatable bonds is 4. The highest BCUT2D eigenvalue weighted by Gasteiger charge is 2.02. The van der Waals surface area contributed by atoms with Crippen LogP contribution in [-0.2, 0) is 0 Å². The molecule has 0 aliphatic heterocycles. The van der Waals surface area contributed by atoms with Crippen LogP contribution in [0.2, 0.25) is 5.02 Å². The average Bonchev–Trinajstić information content (AvgIpc) is 2.08. The van der Waals surface area contributed by atoms with E-state index < -0.39 is 0 Å². The maximum Gasteiger partial charge on any atom is 0.138 e. The first-order valence-corrected chi connectivity index (χ1v) is 4.94. The predicted molar refractivity (Wildman–Crippen MR) is 59.0 cm³/mol. The lowest BCUT2D eigenvalue weighted by Crippen LogP contribution is -3.06. The minimum Gasteiger partial charge on any atom is -1.00 e. The molecule has 0 heterocycles. The Kier molecular flexibility index (Phi) is 6.48. The van der Waals surface area contributed by atoms with Gasteiger partial charge < -0.3 is 27.8 Å². The first kappa shape index (κ1) is 14.4. The van der Waals surface area contributed by atoms with E-state index in [1.54, 1.807) is 18.2 Å². The Labute approximate surface area is 102 Å². The number of quaternary nitrogens is 1. The fourth-order valence-electron chi connectivity index (χ4n) is 0.999. The van der Waals surface area contributed by atoms with Crippen LogP contribution in [0.3, 0.4) is 0 Å². The van der Waals surface area contributed by atoms with Gasteiger partial charge in [-0.15, -0.1) is 0 Å². The summed E-state index contributed by atoms with van der Waals surface area (Å²) in [6, 6.07) is 5.27. The largest absolute Gasteiger partial charge is 1.00 e. The van der Waals surface area contributed by atoms with Gasteiger partial charge in [0.25, 0.3) is 0 Å². The number of ether oxygens (including phenoxy) is 1. The Morgan fingerprint density at radius 3 is 2.60 bits per heavy atom. The molecule has 3 N–H and O–H groups in total. The molecule has 15 heavy (non-hydrogen) atoms. The summed E-state index contributed by atoms with van der Waals surface area (Å²) < 4.78 is 5.49. The van der Waals surface area contributed by atoms with E-state index in [1.165, 1.54) is 4.90 Å². The number of nitrogen functional groups attached to an aromatic ring is 1. The third-order valence-corrected chi connectivity index (χ3v) is 2.11. The van der Waals surface area contributed by atoms with Crippen molar-refractivity contribution in [3.8, 4) is 5.75 Å². The fraction of sp³-hybridized carbons (Fsp3) is 0.400. The molecule has 1 aromatic rings. The first-order valence-electron chi connectivity index (χ1n) is 4.56. The molecule has 0 fully saturated rings. The Bertz CT molecular complexity index is 305. The van der Waals surface area contributed by atoms with E-state index in [2.05, 4.69) is 14.1 Å². The maximum atomic E-state index is 5.93. The van der Waals surface area contributed by atoms with E-state index in [-0.39, 0.29) is 12.4 Å². The van der Waals surface area contributed by atoms with Crippen molar-refractivity contribution in [3.63, 3.8) is 0 Å². The number of nitrogens with two attached hydrogens (primary N) is 1. The second kappa shape index (κ2) is 6.77. The van der Waals surface area contributed by atoms with Gasteiger partial charge in [-0.1, -0.05) is 11.6 Å². The Balaban J connectivity index is 0.00000196. The van der Waals surface area contributed by atoms with Crippen molar-refractivity contribution in [1.29, 1.82) is 0 Å². The quantitative estimate of drug-likeness (QED) is 0.578. The Morgan fingerprint density at radius 1 is 1.40 bits per heavy atom. The molecule has 0 bridgehead atoms. The molecule has 1 aromatic carbocycles. The standard InChI is InChI=1S/C10H15ClN2O.ClH/c1-13(2)5-6-14-10-4-3-8(12)7-9(10)11;/h3-4,7H,5-6,12H2,1-2H3;1H. The highest BCUT2D eigenvalue weighted by Crippen LogP contribution is 2.25. The summed E-state index contributed by atoms with van der Waals surface area (Å²) in [5.74, 6) is 0.696. The van der Waals surface area contributed by atoms with Crippen LogP contribution in [0, 0.1) is 0 Å². The molecular weight excluding hydrogens is 235 g/mol. The van der Waals surface area contributed by atoms with Crippen LogP contribution in [0.4, 0.5) is 5.69 Å². The maximum absolute atomic E-state index is 5.93. The third-order valence-electron chi connectivity index (χ3n) is 1.82. The zero-order valence-electron chi connectivity index (χ0n) is 8.89. The number of nitrogens with one attached hydrogen (secondary N) is 1. The summed E-state index contributed by atoms with van der Waals surface area (Å²) >= 11 is 5.93. The lowest BCUT2D eigenvalue weighted by Gasteiger charge is -2.10. The van der Waals surface area contributed by atoms with E-state index >= 15 is 0 Å². The lowest BCUT2D eigenvalue weighted by molar-refractivity contribution is -0.858. The normalized spacial score (nSPS) is 9.87. The topological polar surface area (TPSA) is 39.7 Å². The van der Waals surface area contributed by atoms with Gasteiger partial charge in [0, 0.05) is 5.69 Å². The number of hydrogen-bond acceptors (Lipinski definition) is 2. The Morgan fingerprint density at radius 2 is 2.07 bits per heavy atom. The van der Waals surface area contributed by atoms with Gasteiger partial charge in [0.05, 0.1) is 19.1 Å². The van der Waals surface area contributed by atoms with E-state index in [0.717, 1.165) is 6.54 Å². The van der Waals surface area contributed by atoms with E-state index in [1.807, 2.05) is 0 Å². The van der Waals surface area contributed by atoms with Gasteiger partial charge in [-0.25, -0.2) is 0 Å². The first-order chi connectivity index (χ1) is 6.59. The number of halogens is 2. The monoisotopic (exact) mass is 250 g/mol. The summed E-state index contributed by atoms with van der Waals surface area (Å²) in [5, 5.41) is 0.568. The van der Waals surface area contributed by atoms with Crippen LogP contribution in [0.15, 0.2) is 18.2 Å². The molecule has 0 amide bonds.